The van der Waals surface area contributed by atoms with Gasteiger partial charge in [0.05, 0.1) is 16.8 Å². The molecule has 1 aromatic heterocycles. The molecule has 1 aromatic carbocycles. The Kier molecular flexibility index (Phi) is 5.58. The first-order valence-corrected chi connectivity index (χ1v) is 8.56. The van der Waals surface area contributed by atoms with E-state index in [1.165, 1.54) is 43.5 Å². The van der Waals surface area contributed by atoms with Crippen molar-refractivity contribution in [3.8, 4) is 0 Å². The van der Waals surface area contributed by atoms with Gasteiger partial charge >= 0.3 is 0 Å². The molecule has 26 heavy (non-hydrogen) atoms. The van der Waals surface area contributed by atoms with Crippen LogP contribution in [0.3, 0.4) is 0 Å². The molecule has 7 nitrogen and oxygen atoms in total. The number of nitro benzene ring substituents is 1. The van der Waals surface area contributed by atoms with Crippen molar-refractivity contribution in [2.24, 2.45) is 0 Å². The molecule has 2 heterocycles. The number of pyridine rings is 1. The number of aromatic nitrogens is 1. The van der Waals surface area contributed by atoms with Crippen LogP contribution < -0.4 is 10.2 Å². The fourth-order valence-corrected chi connectivity index (χ4v) is 2.88. The molecule has 0 radical (unpaired) electrons. The fraction of sp³-hybridized carbons (Fsp3) is 0.263. The van der Waals surface area contributed by atoms with Crippen molar-refractivity contribution in [3.63, 3.8) is 0 Å². The van der Waals surface area contributed by atoms with Crippen LogP contribution in [-0.4, -0.2) is 28.9 Å². The van der Waals surface area contributed by atoms with Crippen LogP contribution in [0.25, 0.3) is 6.08 Å². The van der Waals surface area contributed by atoms with Crippen LogP contribution in [0.5, 0.6) is 0 Å². The normalized spacial score (nSPS) is 14.4. The van der Waals surface area contributed by atoms with Crippen molar-refractivity contribution < 1.29 is 9.72 Å². The van der Waals surface area contributed by atoms with Crippen molar-refractivity contribution in [1.29, 1.82) is 0 Å². The van der Waals surface area contributed by atoms with Gasteiger partial charge in [0.1, 0.15) is 5.82 Å². The van der Waals surface area contributed by atoms with Crippen molar-refractivity contribution in [3.05, 3.63) is 64.3 Å². The van der Waals surface area contributed by atoms with Crippen molar-refractivity contribution in [1.82, 2.24) is 4.98 Å². The molecular weight excluding hydrogens is 332 g/mol. The third-order valence-corrected chi connectivity index (χ3v) is 4.23. The van der Waals surface area contributed by atoms with Crippen molar-refractivity contribution in [2.75, 3.05) is 23.3 Å². The van der Waals surface area contributed by atoms with Crippen LogP contribution in [0.4, 0.5) is 17.2 Å². The van der Waals surface area contributed by atoms with Crippen LogP contribution in [0.1, 0.15) is 24.8 Å². The highest BCUT2D eigenvalue weighted by Gasteiger charge is 2.11. The van der Waals surface area contributed by atoms with E-state index in [4.69, 9.17) is 0 Å². The van der Waals surface area contributed by atoms with Gasteiger partial charge in [0, 0.05) is 31.3 Å². The van der Waals surface area contributed by atoms with E-state index in [-0.39, 0.29) is 11.6 Å². The summed E-state index contributed by atoms with van der Waals surface area (Å²) in [6, 6.07) is 9.83. The number of nitro groups is 1. The molecule has 0 unspecified atom stereocenters. The summed E-state index contributed by atoms with van der Waals surface area (Å²) in [6.45, 7) is 2.08. The average molecular weight is 352 g/mol. The first kappa shape index (κ1) is 17.6. The van der Waals surface area contributed by atoms with Crippen LogP contribution in [0, 0.1) is 10.1 Å². The number of carbonyl (C=O) groups excluding carboxylic acids is 1. The van der Waals surface area contributed by atoms with E-state index < -0.39 is 4.92 Å². The molecule has 1 fully saturated rings. The van der Waals surface area contributed by atoms with Crippen LogP contribution in [0.2, 0.25) is 0 Å². The zero-order valence-electron chi connectivity index (χ0n) is 14.3. The van der Waals surface area contributed by atoms with Crippen molar-refractivity contribution >= 4 is 29.2 Å². The van der Waals surface area contributed by atoms with Gasteiger partial charge in [-0.05, 0) is 43.0 Å². The summed E-state index contributed by atoms with van der Waals surface area (Å²) in [5, 5.41) is 13.5. The Morgan fingerprint density at radius 3 is 2.69 bits per heavy atom. The molecule has 1 amide bonds. The SMILES string of the molecule is O=C(/C=C/c1cccc([N+](=O)[O-])c1)Nc1ccc(N2CCCCC2)cn1. The van der Waals surface area contributed by atoms with E-state index >= 15 is 0 Å². The number of anilines is 2. The lowest BCUT2D eigenvalue weighted by atomic mass is 10.1. The van der Waals surface area contributed by atoms with Gasteiger partial charge < -0.3 is 10.2 Å². The highest BCUT2D eigenvalue weighted by atomic mass is 16.6. The molecule has 0 aliphatic carbocycles. The summed E-state index contributed by atoms with van der Waals surface area (Å²) in [5.41, 5.74) is 1.64. The molecule has 0 atom stereocenters. The average Bonchev–Trinajstić information content (AvgIpc) is 2.68. The monoisotopic (exact) mass is 352 g/mol. The Labute approximate surface area is 151 Å². The number of hydrogen-bond acceptors (Lipinski definition) is 5. The standard InChI is InChI=1S/C19H20N4O3/c24-19(10-7-15-5-4-6-16(13-15)23(25)26)21-18-9-8-17(14-20-18)22-11-2-1-3-12-22/h4-10,13-14H,1-3,11-12H2,(H,20,21,24)/b10-7+. The summed E-state index contributed by atoms with van der Waals surface area (Å²) in [6.07, 6.45) is 8.30. The number of hydrogen-bond donors (Lipinski definition) is 1. The number of carbonyl (C=O) groups is 1. The first-order chi connectivity index (χ1) is 12.6. The predicted octanol–water partition coefficient (Wildman–Crippen LogP) is 3.63. The van der Waals surface area contributed by atoms with Crippen LogP contribution in [0.15, 0.2) is 48.7 Å². The third kappa shape index (κ3) is 4.66. The molecule has 1 N–H and O–H groups in total. The number of nitrogens with zero attached hydrogens (tertiary/aromatic N) is 3. The third-order valence-electron chi connectivity index (χ3n) is 4.23. The Bertz CT molecular complexity index is 812. The van der Waals surface area contributed by atoms with Gasteiger partial charge in [0.15, 0.2) is 0 Å². The van der Waals surface area contributed by atoms with Gasteiger partial charge in [-0.3, -0.25) is 14.9 Å². The quantitative estimate of drug-likeness (QED) is 0.504. The maximum Gasteiger partial charge on any atom is 0.270 e. The molecule has 1 aliphatic heterocycles. The lowest BCUT2D eigenvalue weighted by molar-refractivity contribution is -0.384. The molecule has 0 bridgehead atoms. The number of amides is 1. The molecule has 134 valence electrons. The fourth-order valence-electron chi connectivity index (χ4n) is 2.88. The Hall–Kier alpha value is -3.22. The smallest absolute Gasteiger partial charge is 0.270 e. The Morgan fingerprint density at radius 2 is 2.00 bits per heavy atom. The Morgan fingerprint density at radius 1 is 1.19 bits per heavy atom. The summed E-state index contributed by atoms with van der Waals surface area (Å²) >= 11 is 0. The second kappa shape index (κ2) is 8.24. The van der Waals surface area contributed by atoms with E-state index in [0.29, 0.717) is 11.4 Å². The minimum absolute atomic E-state index is 0.0115. The number of non-ortho nitro benzene ring substituents is 1. The molecule has 1 aliphatic rings. The summed E-state index contributed by atoms with van der Waals surface area (Å²) < 4.78 is 0. The van der Waals surface area contributed by atoms with Gasteiger partial charge in [-0.2, -0.15) is 0 Å². The summed E-state index contributed by atoms with van der Waals surface area (Å²) in [5.74, 6) is 0.134. The molecule has 0 saturated carbocycles. The maximum absolute atomic E-state index is 12.0. The van der Waals surface area contributed by atoms with E-state index in [1.54, 1.807) is 24.4 Å². The molecule has 0 spiro atoms. The summed E-state index contributed by atoms with van der Waals surface area (Å²) in [7, 11) is 0. The lowest BCUT2D eigenvalue weighted by Gasteiger charge is -2.28. The van der Waals surface area contributed by atoms with E-state index in [9.17, 15) is 14.9 Å². The summed E-state index contributed by atoms with van der Waals surface area (Å²) in [4.78, 5) is 28.9. The molecule has 2 aromatic rings. The number of piperidine rings is 1. The number of benzene rings is 1. The van der Waals surface area contributed by atoms with Gasteiger partial charge in [-0.25, -0.2) is 4.98 Å². The van der Waals surface area contributed by atoms with Crippen molar-refractivity contribution in [2.45, 2.75) is 19.3 Å². The molecule has 1 saturated heterocycles. The Balaban J connectivity index is 1.59. The van der Waals surface area contributed by atoms with Crippen LogP contribution in [-0.2, 0) is 4.79 Å². The van der Waals surface area contributed by atoms with Crippen LogP contribution >= 0.6 is 0 Å². The van der Waals surface area contributed by atoms with Gasteiger partial charge in [0.2, 0.25) is 5.91 Å². The topological polar surface area (TPSA) is 88.4 Å². The highest BCUT2D eigenvalue weighted by Crippen LogP contribution is 2.20. The molecular formula is C19H20N4O3. The van der Waals surface area contributed by atoms with Gasteiger partial charge in [-0.1, -0.05) is 12.1 Å². The van der Waals surface area contributed by atoms with E-state index in [0.717, 1.165) is 18.8 Å². The largest absolute Gasteiger partial charge is 0.370 e. The zero-order chi connectivity index (χ0) is 18.4. The highest BCUT2D eigenvalue weighted by molar-refractivity contribution is 6.01. The number of rotatable bonds is 5. The van der Waals surface area contributed by atoms with E-state index in [1.807, 2.05) is 6.07 Å². The van der Waals surface area contributed by atoms with Gasteiger partial charge in [-0.15, -0.1) is 0 Å². The van der Waals surface area contributed by atoms with E-state index in [2.05, 4.69) is 15.2 Å². The minimum atomic E-state index is -0.467. The minimum Gasteiger partial charge on any atom is -0.370 e. The molecule has 3 rings (SSSR count). The first-order valence-electron chi connectivity index (χ1n) is 8.56. The second-order valence-corrected chi connectivity index (χ2v) is 6.12. The zero-order valence-corrected chi connectivity index (χ0v) is 14.3. The lowest BCUT2D eigenvalue weighted by Crippen LogP contribution is -2.29. The molecule has 7 heteroatoms. The maximum atomic E-state index is 12.0. The van der Waals surface area contributed by atoms with Gasteiger partial charge in [0.25, 0.3) is 5.69 Å². The number of nitrogens with one attached hydrogen (secondary N) is 1. The predicted molar refractivity (Wildman–Crippen MR) is 101 cm³/mol. The second-order valence-electron chi connectivity index (χ2n) is 6.12.